The number of nitrogens with zero attached hydrogens (tertiary/aromatic N) is 3. The van der Waals surface area contributed by atoms with Crippen molar-refractivity contribution in [2.75, 3.05) is 32.1 Å². The van der Waals surface area contributed by atoms with Gasteiger partial charge in [0.2, 0.25) is 0 Å². The van der Waals surface area contributed by atoms with Crippen LogP contribution in [0.15, 0.2) is 0 Å². The first-order valence-corrected chi connectivity index (χ1v) is 7.03. The molecule has 0 amide bonds. The van der Waals surface area contributed by atoms with E-state index in [0.717, 1.165) is 25.3 Å². The van der Waals surface area contributed by atoms with Gasteiger partial charge in [-0.2, -0.15) is 5.10 Å². The van der Waals surface area contributed by atoms with Crippen molar-refractivity contribution in [1.82, 2.24) is 15.1 Å². The molecule has 2 rings (SSSR count). The normalized spacial score (nSPS) is 23.9. The van der Waals surface area contributed by atoms with Gasteiger partial charge in [-0.05, 0) is 26.3 Å². The maximum atomic E-state index is 5.61. The Morgan fingerprint density at radius 2 is 2.21 bits per heavy atom. The predicted molar refractivity (Wildman–Crippen MR) is 77.5 cm³/mol. The van der Waals surface area contributed by atoms with E-state index in [1.807, 2.05) is 25.9 Å². The molecule has 19 heavy (non-hydrogen) atoms. The second kappa shape index (κ2) is 5.92. The van der Waals surface area contributed by atoms with Gasteiger partial charge in [-0.3, -0.25) is 4.68 Å². The Morgan fingerprint density at radius 1 is 1.47 bits per heavy atom. The first-order valence-electron chi connectivity index (χ1n) is 7.03. The highest BCUT2D eigenvalue weighted by Crippen LogP contribution is 2.28. The van der Waals surface area contributed by atoms with E-state index in [2.05, 4.69) is 29.2 Å². The minimum atomic E-state index is 0.311. The smallest absolute Gasteiger partial charge is 0.131 e. The summed E-state index contributed by atoms with van der Waals surface area (Å²) < 4.78 is 7.62. The summed E-state index contributed by atoms with van der Waals surface area (Å²) in [5, 5.41) is 7.81. The van der Waals surface area contributed by atoms with E-state index in [-0.39, 0.29) is 0 Å². The summed E-state index contributed by atoms with van der Waals surface area (Å²) in [6.07, 6.45) is 1.48. The quantitative estimate of drug-likeness (QED) is 0.892. The molecule has 0 saturated carbocycles. The number of hydrogen-bond donors (Lipinski definition) is 1. The fourth-order valence-corrected chi connectivity index (χ4v) is 3.00. The van der Waals surface area contributed by atoms with E-state index < -0.39 is 0 Å². The van der Waals surface area contributed by atoms with Crippen LogP contribution in [0.2, 0.25) is 0 Å². The molecule has 0 bridgehead atoms. The van der Waals surface area contributed by atoms with Crippen molar-refractivity contribution in [1.29, 1.82) is 0 Å². The summed E-state index contributed by atoms with van der Waals surface area (Å²) in [6, 6.07) is 0. The van der Waals surface area contributed by atoms with Crippen molar-refractivity contribution in [2.45, 2.75) is 32.9 Å². The Labute approximate surface area is 115 Å². The lowest BCUT2D eigenvalue weighted by atomic mass is 9.95. The van der Waals surface area contributed by atoms with Gasteiger partial charge in [0.25, 0.3) is 0 Å². The van der Waals surface area contributed by atoms with Crippen LogP contribution < -0.4 is 10.2 Å². The number of ether oxygens (including phenoxy) is 1. The van der Waals surface area contributed by atoms with Crippen molar-refractivity contribution in [3.05, 3.63) is 11.3 Å². The van der Waals surface area contributed by atoms with Crippen LogP contribution >= 0.6 is 0 Å². The van der Waals surface area contributed by atoms with E-state index in [9.17, 15) is 0 Å². The molecule has 1 aromatic rings. The lowest BCUT2D eigenvalue weighted by molar-refractivity contribution is 0.0494. The van der Waals surface area contributed by atoms with Crippen molar-refractivity contribution >= 4 is 5.82 Å². The van der Waals surface area contributed by atoms with Crippen molar-refractivity contribution in [2.24, 2.45) is 13.0 Å². The SMILES string of the molecule is CNCc1c(C)nn(C)c1N1CCC(C)C(OC)C1. The van der Waals surface area contributed by atoms with Crippen LogP contribution in [0.3, 0.4) is 0 Å². The Kier molecular flexibility index (Phi) is 4.47. The molecule has 1 aromatic heterocycles. The van der Waals surface area contributed by atoms with Crippen molar-refractivity contribution in [3.63, 3.8) is 0 Å². The highest BCUT2D eigenvalue weighted by molar-refractivity contribution is 5.50. The summed E-state index contributed by atoms with van der Waals surface area (Å²) in [5.74, 6) is 1.86. The molecule has 5 nitrogen and oxygen atoms in total. The minimum Gasteiger partial charge on any atom is -0.379 e. The van der Waals surface area contributed by atoms with E-state index in [4.69, 9.17) is 4.74 Å². The number of aryl methyl sites for hydroxylation is 2. The molecule has 2 atom stereocenters. The predicted octanol–water partition coefficient (Wildman–Crippen LogP) is 1.31. The number of anilines is 1. The second-order valence-electron chi connectivity index (χ2n) is 5.53. The first kappa shape index (κ1) is 14.3. The van der Waals surface area contributed by atoms with E-state index in [1.54, 1.807) is 0 Å². The van der Waals surface area contributed by atoms with Gasteiger partial charge in [0.05, 0.1) is 11.8 Å². The van der Waals surface area contributed by atoms with Gasteiger partial charge in [0, 0.05) is 39.4 Å². The summed E-state index contributed by atoms with van der Waals surface area (Å²) in [6.45, 7) is 7.24. The van der Waals surface area contributed by atoms with E-state index in [1.165, 1.54) is 17.8 Å². The van der Waals surface area contributed by atoms with Gasteiger partial charge in [-0.25, -0.2) is 0 Å². The molecule has 1 aliphatic heterocycles. The molecule has 1 aliphatic rings. The number of methoxy groups -OCH3 is 1. The molecule has 108 valence electrons. The molecule has 0 aromatic carbocycles. The summed E-state index contributed by atoms with van der Waals surface area (Å²) in [7, 11) is 5.82. The third kappa shape index (κ3) is 2.77. The van der Waals surface area contributed by atoms with E-state index in [0.29, 0.717) is 12.0 Å². The molecular formula is C14H26N4O. The summed E-state index contributed by atoms with van der Waals surface area (Å²) in [5.41, 5.74) is 2.41. The third-order valence-corrected chi connectivity index (χ3v) is 4.16. The molecule has 1 N–H and O–H groups in total. The van der Waals surface area contributed by atoms with Gasteiger partial charge < -0.3 is 15.0 Å². The Hall–Kier alpha value is -1.07. The van der Waals surface area contributed by atoms with Gasteiger partial charge >= 0.3 is 0 Å². The lowest BCUT2D eigenvalue weighted by Gasteiger charge is -2.37. The average molecular weight is 266 g/mol. The number of rotatable bonds is 4. The molecule has 5 heteroatoms. The molecule has 0 radical (unpaired) electrons. The zero-order valence-corrected chi connectivity index (χ0v) is 12.7. The van der Waals surface area contributed by atoms with Gasteiger partial charge in [0.15, 0.2) is 0 Å². The molecule has 1 fully saturated rings. The standard InChI is InChI=1S/C14H26N4O/c1-10-6-7-18(9-13(10)19-5)14-12(8-15-3)11(2)16-17(14)4/h10,13,15H,6-9H2,1-5H3. The zero-order chi connectivity index (χ0) is 14.0. The molecular weight excluding hydrogens is 240 g/mol. The molecule has 2 unspecified atom stereocenters. The van der Waals surface area contributed by atoms with Crippen LogP contribution in [0.4, 0.5) is 5.82 Å². The first-order chi connectivity index (χ1) is 9.08. The zero-order valence-electron chi connectivity index (χ0n) is 12.7. The second-order valence-corrected chi connectivity index (χ2v) is 5.53. The van der Waals surface area contributed by atoms with Crippen LogP contribution in [0.25, 0.3) is 0 Å². The fourth-order valence-electron chi connectivity index (χ4n) is 3.00. The van der Waals surface area contributed by atoms with Crippen LogP contribution in [-0.4, -0.2) is 43.1 Å². The van der Waals surface area contributed by atoms with Gasteiger partial charge in [0.1, 0.15) is 5.82 Å². The largest absolute Gasteiger partial charge is 0.379 e. The molecule has 0 spiro atoms. The monoisotopic (exact) mass is 266 g/mol. The molecule has 1 saturated heterocycles. The topological polar surface area (TPSA) is 42.3 Å². The number of hydrogen-bond acceptors (Lipinski definition) is 4. The summed E-state index contributed by atoms with van der Waals surface area (Å²) >= 11 is 0. The van der Waals surface area contributed by atoms with Crippen LogP contribution in [0, 0.1) is 12.8 Å². The maximum absolute atomic E-state index is 5.61. The summed E-state index contributed by atoms with van der Waals surface area (Å²) in [4.78, 5) is 2.42. The van der Waals surface area contributed by atoms with Gasteiger partial charge in [-0.15, -0.1) is 0 Å². The molecule has 2 heterocycles. The average Bonchev–Trinajstić information content (AvgIpc) is 2.66. The Bertz CT molecular complexity index is 429. The number of nitrogens with one attached hydrogen (secondary N) is 1. The van der Waals surface area contributed by atoms with Crippen LogP contribution in [0.5, 0.6) is 0 Å². The van der Waals surface area contributed by atoms with Crippen molar-refractivity contribution in [3.8, 4) is 0 Å². The Balaban J connectivity index is 2.26. The van der Waals surface area contributed by atoms with Crippen LogP contribution in [0.1, 0.15) is 24.6 Å². The fraction of sp³-hybridized carbons (Fsp3) is 0.786. The van der Waals surface area contributed by atoms with Crippen LogP contribution in [-0.2, 0) is 18.3 Å². The van der Waals surface area contributed by atoms with E-state index >= 15 is 0 Å². The van der Waals surface area contributed by atoms with Crippen molar-refractivity contribution < 1.29 is 4.74 Å². The highest BCUT2D eigenvalue weighted by atomic mass is 16.5. The number of piperidine rings is 1. The lowest BCUT2D eigenvalue weighted by Crippen LogP contribution is -2.45. The minimum absolute atomic E-state index is 0.311. The molecule has 0 aliphatic carbocycles. The number of aromatic nitrogens is 2. The van der Waals surface area contributed by atoms with Gasteiger partial charge in [-0.1, -0.05) is 6.92 Å². The highest BCUT2D eigenvalue weighted by Gasteiger charge is 2.29. The maximum Gasteiger partial charge on any atom is 0.131 e. The Morgan fingerprint density at radius 3 is 2.84 bits per heavy atom. The third-order valence-electron chi connectivity index (χ3n) is 4.16.